The van der Waals surface area contributed by atoms with Crippen molar-refractivity contribution in [3.8, 4) is 0 Å². The monoisotopic (exact) mass is 294 g/mol. The highest BCUT2D eigenvalue weighted by molar-refractivity contribution is 8.00. The molecule has 1 amide bonds. The number of hydrogen-bond acceptors (Lipinski definition) is 4. The zero-order valence-electron chi connectivity index (χ0n) is 10.9. The van der Waals surface area contributed by atoms with E-state index in [-0.39, 0.29) is 23.4 Å². The van der Waals surface area contributed by atoms with Crippen molar-refractivity contribution in [3.05, 3.63) is 48.2 Å². The van der Waals surface area contributed by atoms with Gasteiger partial charge in [0.15, 0.2) is 0 Å². The standard InChI is InChI=1S/C14H15FN2O2S/c1-9(13-3-2-6-19-13)17-14(18)8-20-10-4-5-12(16)11(15)7-10/h2-7,9H,8,16H2,1H3,(H,17,18). The van der Waals surface area contributed by atoms with E-state index in [9.17, 15) is 9.18 Å². The molecule has 20 heavy (non-hydrogen) atoms. The summed E-state index contributed by atoms with van der Waals surface area (Å²) in [4.78, 5) is 12.4. The van der Waals surface area contributed by atoms with Gasteiger partial charge in [0, 0.05) is 4.90 Å². The smallest absolute Gasteiger partial charge is 0.230 e. The molecule has 2 aromatic rings. The number of carbonyl (C=O) groups excluding carboxylic acids is 1. The molecule has 0 bridgehead atoms. The third-order valence-electron chi connectivity index (χ3n) is 2.69. The lowest BCUT2D eigenvalue weighted by atomic mass is 10.2. The molecule has 0 spiro atoms. The molecule has 0 aliphatic heterocycles. The Hall–Kier alpha value is -1.95. The van der Waals surface area contributed by atoms with Crippen LogP contribution in [-0.2, 0) is 4.79 Å². The van der Waals surface area contributed by atoms with Crippen LogP contribution in [0.2, 0.25) is 0 Å². The molecule has 0 radical (unpaired) electrons. The van der Waals surface area contributed by atoms with Crippen molar-refractivity contribution in [1.82, 2.24) is 5.32 Å². The summed E-state index contributed by atoms with van der Waals surface area (Å²) in [6.45, 7) is 1.84. The molecule has 3 N–H and O–H groups in total. The Morgan fingerprint density at radius 2 is 2.30 bits per heavy atom. The van der Waals surface area contributed by atoms with E-state index in [0.29, 0.717) is 10.7 Å². The second-order valence-corrected chi connectivity index (χ2v) is 5.33. The molecule has 106 valence electrons. The predicted molar refractivity (Wildman–Crippen MR) is 76.8 cm³/mol. The highest BCUT2D eigenvalue weighted by atomic mass is 32.2. The summed E-state index contributed by atoms with van der Waals surface area (Å²) in [5.74, 6) is 0.284. The summed E-state index contributed by atoms with van der Waals surface area (Å²) in [6, 6.07) is 7.87. The van der Waals surface area contributed by atoms with Crippen LogP contribution in [0.3, 0.4) is 0 Å². The number of hydrogen-bond donors (Lipinski definition) is 2. The van der Waals surface area contributed by atoms with Gasteiger partial charge in [-0.15, -0.1) is 11.8 Å². The first kappa shape index (κ1) is 14.5. The number of anilines is 1. The van der Waals surface area contributed by atoms with Gasteiger partial charge < -0.3 is 15.5 Å². The summed E-state index contributed by atoms with van der Waals surface area (Å²) >= 11 is 1.25. The van der Waals surface area contributed by atoms with Gasteiger partial charge in [-0.1, -0.05) is 0 Å². The third-order valence-corrected chi connectivity index (χ3v) is 3.68. The van der Waals surface area contributed by atoms with Crippen molar-refractivity contribution in [3.63, 3.8) is 0 Å². The Morgan fingerprint density at radius 1 is 1.50 bits per heavy atom. The van der Waals surface area contributed by atoms with Crippen molar-refractivity contribution in [2.45, 2.75) is 17.9 Å². The average Bonchev–Trinajstić information content (AvgIpc) is 2.94. The number of carbonyl (C=O) groups is 1. The minimum absolute atomic E-state index is 0.102. The highest BCUT2D eigenvalue weighted by Gasteiger charge is 2.12. The van der Waals surface area contributed by atoms with Gasteiger partial charge in [-0.3, -0.25) is 4.79 Å². The maximum absolute atomic E-state index is 13.2. The molecular weight excluding hydrogens is 279 g/mol. The molecule has 1 atom stereocenters. The second kappa shape index (κ2) is 6.47. The van der Waals surface area contributed by atoms with E-state index in [1.807, 2.05) is 6.92 Å². The van der Waals surface area contributed by atoms with E-state index >= 15 is 0 Å². The van der Waals surface area contributed by atoms with Gasteiger partial charge in [-0.25, -0.2) is 4.39 Å². The fraction of sp³-hybridized carbons (Fsp3) is 0.214. The number of benzene rings is 1. The molecule has 0 saturated heterocycles. The van der Waals surface area contributed by atoms with Crippen LogP contribution in [0.1, 0.15) is 18.7 Å². The molecule has 1 unspecified atom stereocenters. The van der Waals surface area contributed by atoms with Gasteiger partial charge in [0.05, 0.1) is 23.7 Å². The van der Waals surface area contributed by atoms with Crippen LogP contribution in [0.15, 0.2) is 45.9 Å². The highest BCUT2D eigenvalue weighted by Crippen LogP contribution is 2.22. The first-order valence-corrected chi connectivity index (χ1v) is 7.05. The lowest BCUT2D eigenvalue weighted by molar-refractivity contribution is -0.119. The summed E-state index contributed by atoms with van der Waals surface area (Å²) in [5, 5.41) is 2.81. The van der Waals surface area contributed by atoms with Crippen molar-refractivity contribution < 1.29 is 13.6 Å². The van der Waals surface area contributed by atoms with Crippen LogP contribution in [0, 0.1) is 5.82 Å². The molecule has 0 aliphatic rings. The normalized spacial score (nSPS) is 12.1. The van der Waals surface area contributed by atoms with Gasteiger partial charge in [0.1, 0.15) is 11.6 Å². The number of nitrogens with one attached hydrogen (secondary N) is 1. The van der Waals surface area contributed by atoms with Crippen LogP contribution in [0.25, 0.3) is 0 Å². The fourth-order valence-electron chi connectivity index (χ4n) is 1.64. The molecule has 0 saturated carbocycles. The Balaban J connectivity index is 1.84. The van der Waals surface area contributed by atoms with E-state index in [4.69, 9.17) is 10.2 Å². The van der Waals surface area contributed by atoms with E-state index in [1.54, 1.807) is 24.5 Å². The van der Waals surface area contributed by atoms with Crippen LogP contribution in [0.4, 0.5) is 10.1 Å². The van der Waals surface area contributed by atoms with Crippen molar-refractivity contribution in [2.24, 2.45) is 0 Å². The number of furan rings is 1. The summed E-state index contributed by atoms with van der Waals surface area (Å²) in [5.41, 5.74) is 5.49. The molecule has 1 aromatic heterocycles. The van der Waals surface area contributed by atoms with Gasteiger partial charge in [-0.05, 0) is 37.3 Å². The van der Waals surface area contributed by atoms with Gasteiger partial charge in [-0.2, -0.15) is 0 Å². The minimum Gasteiger partial charge on any atom is -0.467 e. The molecule has 4 nitrogen and oxygen atoms in total. The average molecular weight is 294 g/mol. The molecule has 0 fully saturated rings. The maximum atomic E-state index is 13.2. The van der Waals surface area contributed by atoms with Crippen LogP contribution < -0.4 is 11.1 Å². The van der Waals surface area contributed by atoms with Gasteiger partial charge in [0.25, 0.3) is 0 Å². The van der Waals surface area contributed by atoms with Crippen LogP contribution >= 0.6 is 11.8 Å². The number of thioether (sulfide) groups is 1. The summed E-state index contributed by atoms with van der Waals surface area (Å²) < 4.78 is 18.5. The van der Waals surface area contributed by atoms with Crippen molar-refractivity contribution in [2.75, 3.05) is 11.5 Å². The first-order valence-electron chi connectivity index (χ1n) is 6.07. The lowest BCUT2D eigenvalue weighted by Gasteiger charge is -2.11. The number of nitrogens with two attached hydrogens (primary N) is 1. The number of amides is 1. The topological polar surface area (TPSA) is 68.3 Å². The van der Waals surface area contributed by atoms with E-state index in [1.165, 1.54) is 23.9 Å². The maximum Gasteiger partial charge on any atom is 0.230 e. The van der Waals surface area contributed by atoms with Crippen LogP contribution in [-0.4, -0.2) is 11.7 Å². The molecular formula is C14H15FN2O2S. The van der Waals surface area contributed by atoms with Gasteiger partial charge >= 0.3 is 0 Å². The largest absolute Gasteiger partial charge is 0.467 e. The fourth-order valence-corrected chi connectivity index (χ4v) is 2.37. The van der Waals surface area contributed by atoms with E-state index in [0.717, 1.165) is 0 Å². The molecule has 1 heterocycles. The minimum atomic E-state index is -0.473. The quantitative estimate of drug-likeness (QED) is 0.657. The van der Waals surface area contributed by atoms with Crippen molar-refractivity contribution in [1.29, 1.82) is 0 Å². The van der Waals surface area contributed by atoms with E-state index in [2.05, 4.69) is 5.32 Å². The van der Waals surface area contributed by atoms with E-state index < -0.39 is 5.82 Å². The molecule has 0 aliphatic carbocycles. The Labute approximate surface area is 120 Å². The second-order valence-electron chi connectivity index (χ2n) is 4.28. The molecule has 2 rings (SSSR count). The Bertz CT molecular complexity index is 587. The predicted octanol–water partition coefficient (Wildman–Crippen LogP) is 2.97. The Kier molecular flexibility index (Phi) is 4.68. The zero-order chi connectivity index (χ0) is 14.5. The third kappa shape index (κ3) is 3.77. The summed E-state index contributed by atoms with van der Waals surface area (Å²) in [7, 11) is 0. The zero-order valence-corrected chi connectivity index (χ0v) is 11.7. The first-order chi connectivity index (χ1) is 9.56. The number of rotatable bonds is 5. The SMILES string of the molecule is CC(NC(=O)CSc1ccc(N)c(F)c1)c1ccco1. The number of halogens is 1. The van der Waals surface area contributed by atoms with Crippen molar-refractivity contribution >= 4 is 23.4 Å². The number of nitrogen functional groups attached to an aromatic ring is 1. The van der Waals surface area contributed by atoms with Gasteiger partial charge in [0.2, 0.25) is 5.91 Å². The lowest BCUT2D eigenvalue weighted by Crippen LogP contribution is -2.27. The summed E-state index contributed by atoms with van der Waals surface area (Å²) in [6.07, 6.45) is 1.56. The molecule has 6 heteroatoms. The molecule has 1 aromatic carbocycles. The Morgan fingerprint density at radius 3 is 2.95 bits per heavy atom. The van der Waals surface area contributed by atoms with Crippen LogP contribution in [0.5, 0.6) is 0 Å².